The lowest BCUT2D eigenvalue weighted by Gasteiger charge is -2.28. The van der Waals surface area contributed by atoms with Crippen LogP contribution in [0.3, 0.4) is 0 Å². The maximum absolute atomic E-state index is 11.8. The summed E-state index contributed by atoms with van der Waals surface area (Å²) in [5.74, 6) is 2.62. The van der Waals surface area contributed by atoms with Gasteiger partial charge >= 0.3 is 0 Å². The summed E-state index contributed by atoms with van der Waals surface area (Å²) in [6.45, 7) is 3.44. The molecule has 7 nitrogen and oxygen atoms in total. The molecule has 0 amide bonds. The van der Waals surface area contributed by atoms with Crippen LogP contribution in [0.15, 0.2) is 36.5 Å². The van der Waals surface area contributed by atoms with Gasteiger partial charge in [-0.1, -0.05) is 12.1 Å². The molecule has 0 radical (unpaired) electrons. The van der Waals surface area contributed by atoms with Crippen molar-refractivity contribution >= 4 is 21.6 Å². The van der Waals surface area contributed by atoms with Crippen LogP contribution >= 0.6 is 0 Å². The number of nitrogens with zero attached hydrogens (tertiary/aromatic N) is 3. The fraction of sp³-hybridized carbons (Fsp3) is 0.474. The Morgan fingerprint density at radius 2 is 2.04 bits per heavy atom. The number of benzene rings is 1. The molecule has 0 saturated carbocycles. The highest BCUT2D eigenvalue weighted by molar-refractivity contribution is 7.91. The predicted octanol–water partition coefficient (Wildman–Crippen LogP) is 2.15. The van der Waals surface area contributed by atoms with Crippen LogP contribution in [0, 0.1) is 0 Å². The Morgan fingerprint density at radius 3 is 2.67 bits per heavy atom. The first-order valence-corrected chi connectivity index (χ1v) is 11.0. The smallest absolute Gasteiger partial charge is 0.224 e. The largest absolute Gasteiger partial charge is 0.497 e. The fourth-order valence-corrected chi connectivity index (χ4v) is 5.06. The summed E-state index contributed by atoms with van der Waals surface area (Å²) in [6.07, 6.45) is 3.21. The van der Waals surface area contributed by atoms with Crippen LogP contribution in [-0.4, -0.2) is 56.1 Å². The molecule has 1 aliphatic heterocycles. The van der Waals surface area contributed by atoms with E-state index in [0.717, 1.165) is 18.0 Å². The normalized spacial score (nSPS) is 18.2. The lowest BCUT2D eigenvalue weighted by molar-refractivity contribution is 0.414. The molecule has 0 bridgehead atoms. The van der Waals surface area contributed by atoms with Crippen LogP contribution in [0.5, 0.6) is 5.75 Å². The molecular weight excluding hydrogens is 364 g/mol. The van der Waals surface area contributed by atoms with Gasteiger partial charge in [-0.3, -0.25) is 0 Å². The standard InChI is InChI=1S/C19H26N4O3S/c1-3-23(16-10-13-27(24,25)14-16)18-9-12-21-19(22-18)20-11-8-15-4-6-17(26-2)7-5-15/h4-7,9,12,16H,3,8,10-11,13-14H2,1-2H3,(H,20,21,22). The molecule has 1 atom stereocenters. The quantitative estimate of drug-likeness (QED) is 0.739. The molecule has 8 heteroatoms. The number of methoxy groups -OCH3 is 1. The van der Waals surface area contributed by atoms with Gasteiger partial charge in [-0.05, 0) is 43.5 Å². The minimum atomic E-state index is -2.93. The lowest BCUT2D eigenvalue weighted by atomic mass is 10.1. The molecule has 1 aliphatic rings. The summed E-state index contributed by atoms with van der Waals surface area (Å²) >= 11 is 0. The molecule has 3 rings (SSSR count). The Labute approximate surface area is 160 Å². The number of ether oxygens (including phenoxy) is 1. The highest BCUT2D eigenvalue weighted by atomic mass is 32.2. The molecule has 27 heavy (non-hydrogen) atoms. The van der Waals surface area contributed by atoms with Gasteiger partial charge in [0.05, 0.1) is 18.6 Å². The zero-order chi connectivity index (χ0) is 19.3. The average molecular weight is 391 g/mol. The molecule has 1 aromatic heterocycles. The van der Waals surface area contributed by atoms with Gasteiger partial charge in [-0.25, -0.2) is 13.4 Å². The number of rotatable bonds is 8. The molecule has 1 fully saturated rings. The zero-order valence-electron chi connectivity index (χ0n) is 15.8. The first-order valence-electron chi connectivity index (χ1n) is 9.17. The minimum Gasteiger partial charge on any atom is -0.497 e. The summed E-state index contributed by atoms with van der Waals surface area (Å²) in [5.41, 5.74) is 1.20. The molecule has 146 valence electrons. The van der Waals surface area contributed by atoms with Gasteiger partial charge in [0.2, 0.25) is 5.95 Å². The van der Waals surface area contributed by atoms with Crippen LogP contribution in [0.25, 0.3) is 0 Å². The second-order valence-corrected chi connectivity index (χ2v) is 8.83. The Kier molecular flexibility index (Phi) is 6.15. The van der Waals surface area contributed by atoms with Crippen LogP contribution < -0.4 is 15.0 Å². The third-order valence-electron chi connectivity index (χ3n) is 4.78. The van der Waals surface area contributed by atoms with E-state index in [4.69, 9.17) is 4.74 Å². The summed E-state index contributed by atoms with van der Waals surface area (Å²) in [6, 6.07) is 9.79. The lowest BCUT2D eigenvalue weighted by Crippen LogP contribution is -2.36. The SMILES string of the molecule is CCN(c1ccnc(NCCc2ccc(OC)cc2)n1)C1CCS(=O)(=O)C1. The van der Waals surface area contributed by atoms with Crippen molar-refractivity contribution in [2.75, 3.05) is 41.9 Å². The first-order chi connectivity index (χ1) is 13.0. The van der Waals surface area contributed by atoms with Crippen molar-refractivity contribution in [3.05, 3.63) is 42.1 Å². The molecule has 2 aromatic rings. The Morgan fingerprint density at radius 1 is 1.26 bits per heavy atom. The van der Waals surface area contributed by atoms with Crippen molar-refractivity contribution in [1.29, 1.82) is 0 Å². The number of aromatic nitrogens is 2. The van der Waals surface area contributed by atoms with E-state index in [0.29, 0.717) is 25.5 Å². The Balaban J connectivity index is 1.60. The topological polar surface area (TPSA) is 84.4 Å². The first kappa shape index (κ1) is 19.4. The number of nitrogens with one attached hydrogen (secondary N) is 1. The Hall–Kier alpha value is -2.35. The number of hydrogen-bond donors (Lipinski definition) is 1. The van der Waals surface area contributed by atoms with E-state index in [1.807, 2.05) is 37.3 Å². The van der Waals surface area contributed by atoms with Gasteiger partial charge in [0.25, 0.3) is 0 Å². The van der Waals surface area contributed by atoms with Crippen molar-refractivity contribution in [2.45, 2.75) is 25.8 Å². The molecule has 1 N–H and O–H groups in total. The van der Waals surface area contributed by atoms with E-state index < -0.39 is 9.84 Å². The van der Waals surface area contributed by atoms with E-state index >= 15 is 0 Å². The molecule has 0 aliphatic carbocycles. The predicted molar refractivity (Wildman–Crippen MR) is 107 cm³/mol. The van der Waals surface area contributed by atoms with Crippen LogP contribution in [0.2, 0.25) is 0 Å². The van der Waals surface area contributed by atoms with Crippen molar-refractivity contribution in [2.24, 2.45) is 0 Å². The van der Waals surface area contributed by atoms with E-state index in [2.05, 4.69) is 20.2 Å². The van der Waals surface area contributed by atoms with Crippen molar-refractivity contribution < 1.29 is 13.2 Å². The summed E-state index contributed by atoms with van der Waals surface area (Å²) in [7, 11) is -1.27. The van der Waals surface area contributed by atoms with Crippen molar-refractivity contribution in [3.63, 3.8) is 0 Å². The maximum atomic E-state index is 11.8. The van der Waals surface area contributed by atoms with Gasteiger partial charge < -0.3 is 15.0 Å². The van der Waals surface area contributed by atoms with Gasteiger partial charge in [0.1, 0.15) is 11.6 Å². The van der Waals surface area contributed by atoms with Gasteiger partial charge in [-0.15, -0.1) is 0 Å². The number of sulfone groups is 1. The fourth-order valence-electron chi connectivity index (χ4n) is 3.33. The van der Waals surface area contributed by atoms with E-state index in [1.54, 1.807) is 13.3 Å². The monoisotopic (exact) mass is 390 g/mol. The molecular formula is C19H26N4O3S. The van der Waals surface area contributed by atoms with Crippen LogP contribution in [-0.2, 0) is 16.3 Å². The number of hydrogen-bond acceptors (Lipinski definition) is 7. The van der Waals surface area contributed by atoms with Crippen molar-refractivity contribution in [1.82, 2.24) is 9.97 Å². The van der Waals surface area contributed by atoms with E-state index in [9.17, 15) is 8.42 Å². The van der Waals surface area contributed by atoms with Gasteiger partial charge in [0.15, 0.2) is 9.84 Å². The van der Waals surface area contributed by atoms with E-state index in [-0.39, 0.29) is 17.5 Å². The summed E-state index contributed by atoms with van der Waals surface area (Å²) in [5, 5.41) is 3.25. The Bertz CT molecular complexity index is 856. The third-order valence-corrected chi connectivity index (χ3v) is 6.53. The number of anilines is 2. The molecule has 1 saturated heterocycles. The third kappa shape index (κ3) is 5.09. The van der Waals surface area contributed by atoms with Gasteiger partial charge in [-0.2, -0.15) is 4.98 Å². The van der Waals surface area contributed by atoms with Crippen LogP contribution in [0.1, 0.15) is 18.9 Å². The van der Waals surface area contributed by atoms with Crippen molar-refractivity contribution in [3.8, 4) is 5.75 Å². The minimum absolute atomic E-state index is 0.0120. The molecule has 1 unspecified atom stereocenters. The average Bonchev–Trinajstić information content (AvgIpc) is 3.03. The second kappa shape index (κ2) is 8.56. The van der Waals surface area contributed by atoms with E-state index in [1.165, 1.54) is 5.56 Å². The zero-order valence-corrected chi connectivity index (χ0v) is 16.6. The van der Waals surface area contributed by atoms with Crippen LogP contribution in [0.4, 0.5) is 11.8 Å². The summed E-state index contributed by atoms with van der Waals surface area (Å²) in [4.78, 5) is 10.9. The molecule has 0 spiro atoms. The summed E-state index contributed by atoms with van der Waals surface area (Å²) < 4.78 is 28.8. The highest BCUT2D eigenvalue weighted by Crippen LogP contribution is 2.23. The molecule has 1 aromatic carbocycles. The molecule has 2 heterocycles. The maximum Gasteiger partial charge on any atom is 0.224 e. The highest BCUT2D eigenvalue weighted by Gasteiger charge is 2.32. The second-order valence-electron chi connectivity index (χ2n) is 6.61. The van der Waals surface area contributed by atoms with Gasteiger partial charge in [0, 0.05) is 25.3 Å².